The highest BCUT2D eigenvalue weighted by Gasteiger charge is 2.26. The highest BCUT2D eigenvalue weighted by atomic mass is 32.1. The maximum Gasteiger partial charge on any atom is 0.341 e. The number of amides is 1. The van der Waals surface area contributed by atoms with Crippen LogP contribution < -0.4 is 10.6 Å². The fourth-order valence-corrected chi connectivity index (χ4v) is 3.32. The molecule has 2 N–H and O–H groups in total. The van der Waals surface area contributed by atoms with E-state index in [0.717, 1.165) is 29.8 Å². The Bertz CT molecular complexity index is 519. The lowest BCUT2D eigenvalue weighted by Gasteiger charge is -2.11. The van der Waals surface area contributed by atoms with Crippen molar-refractivity contribution in [2.24, 2.45) is 0 Å². The summed E-state index contributed by atoms with van der Waals surface area (Å²) in [7, 11) is 0. The van der Waals surface area contributed by atoms with Crippen LogP contribution in [-0.4, -0.2) is 31.1 Å². The Balaban J connectivity index is 2.20. The molecule has 20 heavy (non-hydrogen) atoms. The van der Waals surface area contributed by atoms with E-state index in [2.05, 4.69) is 10.6 Å². The van der Waals surface area contributed by atoms with E-state index in [1.165, 1.54) is 11.3 Å². The van der Waals surface area contributed by atoms with Crippen molar-refractivity contribution in [1.82, 2.24) is 5.32 Å². The summed E-state index contributed by atoms with van der Waals surface area (Å²) < 4.78 is 5.07. The van der Waals surface area contributed by atoms with Gasteiger partial charge in [-0.3, -0.25) is 4.79 Å². The topological polar surface area (TPSA) is 67.4 Å². The van der Waals surface area contributed by atoms with E-state index in [-0.39, 0.29) is 17.9 Å². The predicted octanol–water partition coefficient (Wildman–Crippen LogP) is 2.23. The van der Waals surface area contributed by atoms with Crippen molar-refractivity contribution in [1.29, 1.82) is 0 Å². The minimum Gasteiger partial charge on any atom is -0.462 e. The number of carbonyl (C=O) groups excluding carboxylic acids is 2. The zero-order chi connectivity index (χ0) is 14.7. The molecule has 1 saturated heterocycles. The molecular weight excluding hydrogens is 276 g/mol. The molecule has 0 aromatic carbocycles. The van der Waals surface area contributed by atoms with Crippen molar-refractivity contribution in [3.05, 3.63) is 16.0 Å². The monoisotopic (exact) mass is 296 g/mol. The van der Waals surface area contributed by atoms with Crippen LogP contribution in [0.5, 0.6) is 0 Å². The summed E-state index contributed by atoms with van der Waals surface area (Å²) in [4.78, 5) is 25.2. The van der Waals surface area contributed by atoms with Gasteiger partial charge in [0, 0.05) is 4.88 Å². The van der Waals surface area contributed by atoms with Crippen LogP contribution in [0.3, 0.4) is 0 Å². The van der Waals surface area contributed by atoms with Crippen molar-refractivity contribution in [3.8, 4) is 0 Å². The van der Waals surface area contributed by atoms with Crippen molar-refractivity contribution in [2.45, 2.75) is 39.7 Å². The first-order chi connectivity index (χ1) is 9.54. The number of thiophene rings is 1. The van der Waals surface area contributed by atoms with Gasteiger partial charge in [-0.15, -0.1) is 11.3 Å². The van der Waals surface area contributed by atoms with Gasteiger partial charge in [0.05, 0.1) is 18.2 Å². The average molecular weight is 296 g/mol. The summed E-state index contributed by atoms with van der Waals surface area (Å²) in [6, 6.07) is -0.159. The van der Waals surface area contributed by atoms with Crippen LogP contribution in [0.4, 0.5) is 5.00 Å². The fourth-order valence-electron chi connectivity index (χ4n) is 2.27. The maximum atomic E-state index is 12.1. The van der Waals surface area contributed by atoms with Crippen LogP contribution in [-0.2, 0) is 9.53 Å². The summed E-state index contributed by atoms with van der Waals surface area (Å²) in [5.41, 5.74) is 1.36. The molecule has 0 unspecified atom stereocenters. The molecule has 0 saturated carbocycles. The molecule has 2 rings (SSSR count). The van der Waals surface area contributed by atoms with Crippen LogP contribution in [0.25, 0.3) is 0 Å². The highest BCUT2D eigenvalue weighted by molar-refractivity contribution is 7.16. The number of esters is 1. The molecule has 1 aliphatic rings. The van der Waals surface area contributed by atoms with Gasteiger partial charge in [0.15, 0.2) is 0 Å². The van der Waals surface area contributed by atoms with Gasteiger partial charge < -0.3 is 15.4 Å². The fraction of sp³-hybridized carbons (Fsp3) is 0.571. The van der Waals surface area contributed by atoms with Gasteiger partial charge in [-0.25, -0.2) is 4.79 Å². The minimum atomic E-state index is -0.371. The molecule has 0 radical (unpaired) electrons. The molecule has 1 atom stereocenters. The molecular formula is C14H20N2O3S. The van der Waals surface area contributed by atoms with E-state index in [1.54, 1.807) is 6.92 Å². The first-order valence-electron chi connectivity index (χ1n) is 6.86. The molecule has 6 heteroatoms. The van der Waals surface area contributed by atoms with Gasteiger partial charge in [-0.05, 0) is 45.7 Å². The van der Waals surface area contributed by atoms with Crippen molar-refractivity contribution < 1.29 is 14.3 Å². The zero-order valence-electron chi connectivity index (χ0n) is 12.0. The Kier molecular flexibility index (Phi) is 4.77. The Hall–Kier alpha value is -1.40. The third-order valence-electron chi connectivity index (χ3n) is 3.48. The predicted molar refractivity (Wildman–Crippen MR) is 79.4 cm³/mol. The van der Waals surface area contributed by atoms with Gasteiger partial charge in [0.1, 0.15) is 5.00 Å². The summed E-state index contributed by atoms with van der Waals surface area (Å²) in [5.74, 6) is -0.446. The van der Waals surface area contributed by atoms with Crippen LogP contribution in [0.15, 0.2) is 0 Å². The number of carbonyl (C=O) groups is 2. The number of aryl methyl sites for hydroxylation is 1. The third-order valence-corrected chi connectivity index (χ3v) is 4.60. The smallest absolute Gasteiger partial charge is 0.341 e. The van der Waals surface area contributed by atoms with E-state index in [9.17, 15) is 9.59 Å². The van der Waals surface area contributed by atoms with Gasteiger partial charge >= 0.3 is 5.97 Å². The number of hydrogen-bond donors (Lipinski definition) is 2. The largest absolute Gasteiger partial charge is 0.462 e. The molecule has 0 aliphatic carbocycles. The number of ether oxygens (including phenoxy) is 1. The first-order valence-corrected chi connectivity index (χ1v) is 7.67. The number of hydrogen-bond acceptors (Lipinski definition) is 5. The molecule has 1 amide bonds. The van der Waals surface area contributed by atoms with E-state index in [1.807, 2.05) is 13.8 Å². The van der Waals surface area contributed by atoms with Crippen molar-refractivity contribution in [2.75, 3.05) is 18.5 Å². The number of rotatable bonds is 4. The maximum absolute atomic E-state index is 12.1. The minimum absolute atomic E-state index is 0.0747. The van der Waals surface area contributed by atoms with Crippen LogP contribution in [0.1, 0.15) is 40.6 Å². The first kappa shape index (κ1) is 15.0. The summed E-state index contributed by atoms with van der Waals surface area (Å²) in [6.07, 6.45) is 1.84. The summed E-state index contributed by atoms with van der Waals surface area (Å²) in [5, 5.41) is 6.61. The molecule has 2 heterocycles. The molecule has 1 aliphatic heterocycles. The molecule has 0 bridgehead atoms. The average Bonchev–Trinajstić information content (AvgIpc) is 3.00. The Morgan fingerprint density at radius 2 is 2.20 bits per heavy atom. The highest BCUT2D eigenvalue weighted by Crippen LogP contribution is 2.33. The van der Waals surface area contributed by atoms with Crippen molar-refractivity contribution in [3.63, 3.8) is 0 Å². The molecule has 5 nitrogen and oxygen atoms in total. The number of anilines is 1. The van der Waals surface area contributed by atoms with E-state index in [4.69, 9.17) is 4.74 Å². The van der Waals surface area contributed by atoms with Gasteiger partial charge in [0.2, 0.25) is 5.91 Å². The lowest BCUT2D eigenvalue weighted by atomic mass is 10.1. The lowest BCUT2D eigenvalue weighted by Crippen LogP contribution is -2.35. The van der Waals surface area contributed by atoms with Crippen LogP contribution >= 0.6 is 11.3 Å². The standard InChI is InChI=1S/C14H20N2O3S/c1-4-19-14(18)11-8(2)9(3)20-13(11)16-12(17)10-6-5-7-15-10/h10,15H,4-7H2,1-3H3,(H,16,17)/t10-/m0/s1. The van der Waals surface area contributed by atoms with E-state index >= 15 is 0 Å². The van der Waals surface area contributed by atoms with E-state index in [0.29, 0.717) is 17.2 Å². The van der Waals surface area contributed by atoms with E-state index < -0.39 is 0 Å². The molecule has 1 aromatic rings. The number of nitrogens with one attached hydrogen (secondary N) is 2. The second kappa shape index (κ2) is 6.37. The quantitative estimate of drug-likeness (QED) is 0.836. The molecule has 0 spiro atoms. The second-order valence-electron chi connectivity index (χ2n) is 4.85. The van der Waals surface area contributed by atoms with Crippen LogP contribution in [0.2, 0.25) is 0 Å². The van der Waals surface area contributed by atoms with Crippen molar-refractivity contribution >= 4 is 28.2 Å². The summed E-state index contributed by atoms with van der Waals surface area (Å²) in [6.45, 7) is 6.77. The van der Waals surface area contributed by atoms with Gasteiger partial charge in [-0.2, -0.15) is 0 Å². The Morgan fingerprint density at radius 3 is 2.80 bits per heavy atom. The van der Waals surface area contributed by atoms with Gasteiger partial charge in [-0.1, -0.05) is 0 Å². The second-order valence-corrected chi connectivity index (χ2v) is 6.07. The Morgan fingerprint density at radius 1 is 1.45 bits per heavy atom. The summed E-state index contributed by atoms with van der Waals surface area (Å²) >= 11 is 1.42. The molecule has 1 aromatic heterocycles. The molecule has 110 valence electrons. The SMILES string of the molecule is CCOC(=O)c1c(NC(=O)[C@@H]2CCCN2)sc(C)c1C. The van der Waals surface area contributed by atoms with Gasteiger partial charge in [0.25, 0.3) is 0 Å². The molecule has 1 fully saturated rings. The Labute approximate surface area is 122 Å². The normalized spacial score (nSPS) is 18.1. The zero-order valence-corrected chi connectivity index (χ0v) is 12.9. The third kappa shape index (κ3) is 3.02. The van der Waals surface area contributed by atoms with Crippen LogP contribution in [0, 0.1) is 13.8 Å². The lowest BCUT2D eigenvalue weighted by molar-refractivity contribution is -0.117.